The van der Waals surface area contributed by atoms with Gasteiger partial charge >= 0.3 is 11.9 Å². The maximum atomic E-state index is 11.9. The summed E-state index contributed by atoms with van der Waals surface area (Å²) >= 11 is 12.0. The van der Waals surface area contributed by atoms with E-state index in [0.717, 1.165) is 11.1 Å². The van der Waals surface area contributed by atoms with Crippen molar-refractivity contribution < 1.29 is 19.1 Å². The molecule has 2 unspecified atom stereocenters. The van der Waals surface area contributed by atoms with Crippen molar-refractivity contribution >= 4 is 35.1 Å². The average Bonchev–Trinajstić information content (AvgIpc) is 2.67. The second-order valence-corrected chi connectivity index (χ2v) is 8.12. The Labute approximate surface area is 175 Å². The number of carbonyl (C=O) groups excluding carboxylic acids is 2. The van der Waals surface area contributed by atoms with Gasteiger partial charge in [0.2, 0.25) is 0 Å². The molecule has 0 amide bonds. The maximum Gasteiger partial charge on any atom is 0.329 e. The average molecular weight is 423 g/mol. The van der Waals surface area contributed by atoms with E-state index in [4.69, 9.17) is 32.7 Å². The van der Waals surface area contributed by atoms with Gasteiger partial charge in [-0.2, -0.15) is 0 Å². The summed E-state index contributed by atoms with van der Waals surface area (Å²) in [7, 11) is 0. The van der Waals surface area contributed by atoms with Crippen LogP contribution in [0.3, 0.4) is 0 Å². The van der Waals surface area contributed by atoms with Crippen LogP contribution in [0.5, 0.6) is 11.5 Å². The smallest absolute Gasteiger partial charge is 0.329 e. The SMILES string of the molecule is CC(C)C(Cl)C(=O)Oc1ccc(-c2ccc(OC(=O)C(Cl)C(C)C)cc2)cc1. The summed E-state index contributed by atoms with van der Waals surface area (Å²) in [5.41, 5.74) is 1.86. The van der Waals surface area contributed by atoms with Gasteiger partial charge in [-0.25, -0.2) is 0 Å². The molecule has 0 radical (unpaired) electrons. The third-order valence-electron chi connectivity index (χ3n) is 4.10. The second kappa shape index (κ2) is 9.94. The summed E-state index contributed by atoms with van der Waals surface area (Å²) in [6.07, 6.45) is 0. The number of halogens is 2. The van der Waals surface area contributed by atoms with E-state index < -0.39 is 22.7 Å². The van der Waals surface area contributed by atoms with Crippen LogP contribution in [0.2, 0.25) is 0 Å². The van der Waals surface area contributed by atoms with E-state index in [1.54, 1.807) is 24.3 Å². The first-order chi connectivity index (χ1) is 13.2. The van der Waals surface area contributed by atoms with E-state index in [2.05, 4.69) is 0 Å². The number of rotatable bonds is 7. The van der Waals surface area contributed by atoms with Gasteiger partial charge in [0.25, 0.3) is 0 Å². The van der Waals surface area contributed by atoms with E-state index in [9.17, 15) is 9.59 Å². The zero-order chi connectivity index (χ0) is 20.8. The normalized spacial score (nSPS) is 13.3. The highest BCUT2D eigenvalue weighted by molar-refractivity contribution is 6.30. The van der Waals surface area contributed by atoms with Crippen molar-refractivity contribution in [1.82, 2.24) is 0 Å². The zero-order valence-corrected chi connectivity index (χ0v) is 17.8. The van der Waals surface area contributed by atoms with Crippen LogP contribution in [0.4, 0.5) is 0 Å². The lowest BCUT2D eigenvalue weighted by molar-refractivity contribution is -0.135. The Morgan fingerprint density at radius 3 is 1.18 bits per heavy atom. The highest BCUT2D eigenvalue weighted by atomic mass is 35.5. The molecule has 28 heavy (non-hydrogen) atoms. The molecule has 2 aromatic rings. The molecule has 0 aliphatic rings. The molecule has 0 fully saturated rings. The first-order valence-corrected chi connectivity index (χ1v) is 9.98. The number of ether oxygens (including phenoxy) is 2. The lowest BCUT2D eigenvalue weighted by Crippen LogP contribution is -2.25. The minimum absolute atomic E-state index is 0.00401. The van der Waals surface area contributed by atoms with Crippen molar-refractivity contribution in [2.45, 2.75) is 38.4 Å². The minimum Gasteiger partial charge on any atom is -0.425 e. The highest BCUT2D eigenvalue weighted by Crippen LogP contribution is 2.26. The topological polar surface area (TPSA) is 52.6 Å². The van der Waals surface area contributed by atoms with Gasteiger partial charge in [-0.15, -0.1) is 23.2 Å². The summed E-state index contributed by atoms with van der Waals surface area (Å²) in [4.78, 5) is 23.8. The van der Waals surface area contributed by atoms with Crippen molar-refractivity contribution in [3.63, 3.8) is 0 Å². The summed E-state index contributed by atoms with van der Waals surface area (Å²) in [5.74, 6) is -0.0598. The second-order valence-electron chi connectivity index (χ2n) is 7.18. The van der Waals surface area contributed by atoms with Crippen LogP contribution in [0.1, 0.15) is 27.7 Å². The Morgan fingerprint density at radius 2 is 0.929 bits per heavy atom. The van der Waals surface area contributed by atoms with Gasteiger partial charge in [-0.1, -0.05) is 52.0 Å². The predicted molar refractivity (Wildman–Crippen MR) is 112 cm³/mol. The Morgan fingerprint density at radius 1 is 0.643 bits per heavy atom. The fraction of sp³-hybridized carbons (Fsp3) is 0.364. The van der Waals surface area contributed by atoms with Gasteiger partial charge < -0.3 is 9.47 Å². The molecular formula is C22H24Cl2O4. The Hall–Kier alpha value is -2.04. The number of esters is 2. The van der Waals surface area contributed by atoms with Gasteiger partial charge in [0.05, 0.1) is 0 Å². The molecule has 6 heteroatoms. The molecule has 2 atom stereocenters. The molecule has 150 valence electrons. The van der Waals surface area contributed by atoms with Gasteiger partial charge in [0.15, 0.2) is 0 Å². The molecule has 0 bridgehead atoms. The summed E-state index contributed by atoms with van der Waals surface area (Å²) in [6, 6.07) is 14.2. The standard InChI is InChI=1S/C22H24Cl2O4/c1-13(2)19(23)21(25)27-17-9-5-15(6-10-17)16-7-11-18(12-8-16)28-22(26)20(24)14(3)4/h5-14,19-20H,1-4H3. The fourth-order valence-corrected chi connectivity index (χ4v) is 2.41. The molecule has 4 nitrogen and oxygen atoms in total. The van der Waals surface area contributed by atoms with Crippen LogP contribution < -0.4 is 9.47 Å². The van der Waals surface area contributed by atoms with Gasteiger partial charge in [-0.05, 0) is 47.2 Å². The number of alkyl halides is 2. The van der Waals surface area contributed by atoms with Crippen molar-refractivity contribution in [2.24, 2.45) is 11.8 Å². The lowest BCUT2D eigenvalue weighted by Gasteiger charge is -2.13. The zero-order valence-electron chi connectivity index (χ0n) is 16.3. The first kappa shape index (κ1) is 22.3. The number of hydrogen-bond acceptors (Lipinski definition) is 4. The van der Waals surface area contributed by atoms with Crippen LogP contribution in [-0.2, 0) is 9.59 Å². The largest absolute Gasteiger partial charge is 0.425 e. The summed E-state index contributed by atoms with van der Waals surface area (Å²) in [6.45, 7) is 7.44. The molecule has 0 heterocycles. The Bertz CT molecular complexity index is 729. The predicted octanol–water partition coefficient (Wildman–Crippen LogP) is 5.69. The highest BCUT2D eigenvalue weighted by Gasteiger charge is 2.22. The van der Waals surface area contributed by atoms with E-state index in [0.29, 0.717) is 11.5 Å². The van der Waals surface area contributed by atoms with Gasteiger partial charge in [0.1, 0.15) is 22.3 Å². The molecule has 2 rings (SSSR count). The molecule has 0 aliphatic carbocycles. The Kier molecular flexibility index (Phi) is 7.90. The van der Waals surface area contributed by atoms with Crippen LogP contribution in [0.25, 0.3) is 11.1 Å². The summed E-state index contributed by atoms with van der Waals surface area (Å²) in [5, 5.41) is -1.36. The van der Waals surface area contributed by atoms with Crippen molar-refractivity contribution in [3.05, 3.63) is 48.5 Å². The van der Waals surface area contributed by atoms with Crippen LogP contribution >= 0.6 is 23.2 Å². The fourth-order valence-electron chi connectivity index (χ4n) is 2.32. The maximum absolute atomic E-state index is 11.9. The van der Waals surface area contributed by atoms with Crippen LogP contribution in [0.15, 0.2) is 48.5 Å². The molecule has 0 aliphatic heterocycles. The number of hydrogen-bond donors (Lipinski definition) is 0. The third kappa shape index (κ3) is 5.98. The van der Waals surface area contributed by atoms with E-state index in [1.807, 2.05) is 52.0 Å². The quantitative estimate of drug-likeness (QED) is 0.326. The van der Waals surface area contributed by atoms with E-state index in [-0.39, 0.29) is 11.8 Å². The van der Waals surface area contributed by atoms with Crippen LogP contribution in [-0.4, -0.2) is 22.7 Å². The van der Waals surface area contributed by atoms with E-state index in [1.165, 1.54) is 0 Å². The van der Waals surface area contributed by atoms with Crippen LogP contribution in [0, 0.1) is 11.8 Å². The van der Waals surface area contributed by atoms with Gasteiger partial charge in [0, 0.05) is 0 Å². The van der Waals surface area contributed by atoms with Crippen molar-refractivity contribution in [1.29, 1.82) is 0 Å². The number of benzene rings is 2. The lowest BCUT2D eigenvalue weighted by atomic mass is 10.1. The Balaban J connectivity index is 2.02. The molecule has 0 spiro atoms. The van der Waals surface area contributed by atoms with E-state index >= 15 is 0 Å². The minimum atomic E-state index is -0.682. The number of carbonyl (C=O) groups is 2. The van der Waals surface area contributed by atoms with Crippen molar-refractivity contribution in [3.8, 4) is 22.6 Å². The molecule has 0 saturated carbocycles. The van der Waals surface area contributed by atoms with Crippen molar-refractivity contribution in [2.75, 3.05) is 0 Å². The molecule has 0 N–H and O–H groups in total. The van der Waals surface area contributed by atoms with Gasteiger partial charge in [-0.3, -0.25) is 9.59 Å². The monoisotopic (exact) mass is 422 g/mol. The third-order valence-corrected chi connectivity index (χ3v) is 5.46. The molecular weight excluding hydrogens is 399 g/mol. The first-order valence-electron chi connectivity index (χ1n) is 9.11. The molecule has 0 aromatic heterocycles. The molecule has 2 aromatic carbocycles. The summed E-state index contributed by atoms with van der Waals surface area (Å²) < 4.78 is 10.6. The molecule has 0 saturated heterocycles.